The lowest BCUT2D eigenvalue weighted by Crippen LogP contribution is -2.32. The fraction of sp³-hybridized carbons (Fsp3) is 0.545. The Morgan fingerprint density at radius 1 is 1.62 bits per heavy atom. The molecule has 0 aromatic carbocycles. The molecule has 1 aromatic rings. The highest BCUT2D eigenvalue weighted by Gasteiger charge is 2.15. The van der Waals surface area contributed by atoms with Crippen LogP contribution in [0.1, 0.15) is 12.5 Å². The summed E-state index contributed by atoms with van der Waals surface area (Å²) in [6.07, 6.45) is 3.83. The number of rotatable bonds is 4. The summed E-state index contributed by atoms with van der Waals surface area (Å²) < 4.78 is 0.989. The molecule has 1 rings (SSSR count). The normalized spacial score (nSPS) is 12.6. The number of halogens is 1. The van der Waals surface area contributed by atoms with Crippen LogP contribution in [0.25, 0.3) is 0 Å². The van der Waals surface area contributed by atoms with E-state index in [9.17, 15) is 0 Å². The molecule has 0 saturated heterocycles. The number of nitrogen functional groups attached to an aromatic ring is 1. The summed E-state index contributed by atoms with van der Waals surface area (Å²) in [7, 11) is 2.06. The minimum atomic E-state index is 0.446. The second-order valence-electron chi connectivity index (χ2n) is 3.89. The van der Waals surface area contributed by atoms with Gasteiger partial charge in [0.15, 0.2) is 0 Å². The Morgan fingerprint density at radius 2 is 2.25 bits per heavy atom. The number of pyridine rings is 1. The second-order valence-corrected chi connectivity index (χ2v) is 5.60. The highest BCUT2D eigenvalue weighted by Crippen LogP contribution is 2.30. The van der Waals surface area contributed by atoms with Crippen LogP contribution >= 0.6 is 27.7 Å². The van der Waals surface area contributed by atoms with Crippen LogP contribution in [0, 0.1) is 6.92 Å². The third kappa shape index (κ3) is 2.83. The first kappa shape index (κ1) is 13.6. The Balaban J connectivity index is 3.00. The number of nitrogens with two attached hydrogens (primary N) is 1. The van der Waals surface area contributed by atoms with Gasteiger partial charge in [-0.1, -0.05) is 0 Å². The van der Waals surface area contributed by atoms with E-state index in [1.807, 2.05) is 18.7 Å². The number of nitrogens with zero attached hydrogens (tertiary/aromatic N) is 2. The van der Waals surface area contributed by atoms with Crippen LogP contribution in [0.15, 0.2) is 10.7 Å². The van der Waals surface area contributed by atoms with Crippen LogP contribution in [-0.4, -0.2) is 30.1 Å². The summed E-state index contributed by atoms with van der Waals surface area (Å²) in [5.41, 5.74) is 7.58. The first-order valence-corrected chi connectivity index (χ1v) is 7.30. The summed E-state index contributed by atoms with van der Waals surface area (Å²) in [5, 5.41) is 0. The van der Waals surface area contributed by atoms with Gasteiger partial charge in [-0.2, -0.15) is 11.8 Å². The molecular weight excluding hydrogens is 286 g/mol. The lowest BCUT2D eigenvalue weighted by atomic mass is 10.2. The average Bonchev–Trinajstić information content (AvgIpc) is 2.26. The maximum absolute atomic E-state index is 5.81. The zero-order valence-electron chi connectivity index (χ0n) is 10.1. The molecule has 3 nitrogen and oxygen atoms in total. The van der Waals surface area contributed by atoms with E-state index in [1.54, 1.807) is 6.20 Å². The summed E-state index contributed by atoms with van der Waals surface area (Å²) in [6, 6.07) is 0.446. The molecule has 0 aliphatic carbocycles. The van der Waals surface area contributed by atoms with Crippen molar-refractivity contribution >= 4 is 39.2 Å². The average molecular weight is 304 g/mol. The molecule has 0 spiro atoms. The van der Waals surface area contributed by atoms with Gasteiger partial charge in [-0.25, -0.2) is 4.98 Å². The van der Waals surface area contributed by atoms with Crippen molar-refractivity contribution in [3.05, 3.63) is 16.2 Å². The van der Waals surface area contributed by atoms with Gasteiger partial charge in [0.2, 0.25) is 0 Å². The van der Waals surface area contributed by atoms with Crippen LogP contribution in [0.5, 0.6) is 0 Å². The van der Waals surface area contributed by atoms with Gasteiger partial charge in [0, 0.05) is 18.8 Å². The van der Waals surface area contributed by atoms with Crippen molar-refractivity contribution < 1.29 is 0 Å². The molecule has 1 aromatic heterocycles. The van der Waals surface area contributed by atoms with E-state index in [1.165, 1.54) is 0 Å². The third-order valence-electron chi connectivity index (χ3n) is 2.69. The lowest BCUT2D eigenvalue weighted by Gasteiger charge is -2.27. The van der Waals surface area contributed by atoms with Crippen LogP contribution in [0.4, 0.5) is 11.5 Å². The number of hydrogen-bond donors (Lipinski definition) is 1. The van der Waals surface area contributed by atoms with Gasteiger partial charge in [0.1, 0.15) is 5.82 Å². The molecule has 2 N–H and O–H groups in total. The van der Waals surface area contributed by atoms with E-state index in [0.717, 1.165) is 27.3 Å². The molecule has 5 heteroatoms. The van der Waals surface area contributed by atoms with E-state index in [4.69, 9.17) is 5.73 Å². The maximum Gasteiger partial charge on any atom is 0.143 e. The molecule has 0 radical (unpaired) electrons. The first-order chi connectivity index (χ1) is 7.49. The van der Waals surface area contributed by atoms with Crippen molar-refractivity contribution in [1.29, 1.82) is 0 Å². The number of thioether (sulfide) groups is 1. The number of aromatic nitrogens is 1. The van der Waals surface area contributed by atoms with E-state index in [0.29, 0.717) is 6.04 Å². The summed E-state index contributed by atoms with van der Waals surface area (Å²) in [4.78, 5) is 6.56. The molecule has 0 aliphatic heterocycles. The highest BCUT2D eigenvalue weighted by molar-refractivity contribution is 9.10. The minimum absolute atomic E-state index is 0.446. The Kier molecular flexibility index (Phi) is 4.92. The Hall–Kier alpha value is -0.420. The van der Waals surface area contributed by atoms with Crippen molar-refractivity contribution in [3.8, 4) is 0 Å². The van der Waals surface area contributed by atoms with Gasteiger partial charge in [-0.15, -0.1) is 0 Å². The lowest BCUT2D eigenvalue weighted by molar-refractivity contribution is 0.751. The monoisotopic (exact) mass is 303 g/mol. The Morgan fingerprint density at radius 3 is 2.81 bits per heavy atom. The van der Waals surface area contributed by atoms with Crippen LogP contribution in [-0.2, 0) is 0 Å². The standard InChI is InChI=1S/C11H18BrN3S/c1-7(6-16-4)15(3)11-10(12)8(2)9(13)5-14-11/h5,7H,6,13H2,1-4H3. The Labute approximate surface area is 110 Å². The third-order valence-corrected chi connectivity index (χ3v) is 4.45. The molecular formula is C11H18BrN3S. The zero-order valence-corrected chi connectivity index (χ0v) is 12.5. The molecule has 0 amide bonds. The Bertz CT molecular complexity index is 370. The highest BCUT2D eigenvalue weighted by atomic mass is 79.9. The molecule has 16 heavy (non-hydrogen) atoms. The SMILES string of the molecule is CSCC(C)N(C)c1ncc(N)c(C)c1Br. The predicted octanol–water partition coefficient (Wildman–Crippen LogP) is 2.92. The van der Waals surface area contributed by atoms with Gasteiger partial charge < -0.3 is 10.6 Å². The van der Waals surface area contributed by atoms with Gasteiger partial charge in [0.25, 0.3) is 0 Å². The molecule has 0 aliphatic rings. The summed E-state index contributed by atoms with van der Waals surface area (Å²) in [5.74, 6) is 2.03. The van der Waals surface area contributed by atoms with Gasteiger partial charge in [-0.3, -0.25) is 0 Å². The van der Waals surface area contributed by atoms with E-state index < -0.39 is 0 Å². The summed E-state index contributed by atoms with van der Waals surface area (Å²) >= 11 is 5.40. The quantitative estimate of drug-likeness (QED) is 0.929. The van der Waals surface area contributed by atoms with Gasteiger partial charge >= 0.3 is 0 Å². The largest absolute Gasteiger partial charge is 0.397 e. The van der Waals surface area contributed by atoms with Crippen molar-refractivity contribution in [3.63, 3.8) is 0 Å². The maximum atomic E-state index is 5.81. The van der Waals surface area contributed by atoms with Crippen molar-refractivity contribution in [2.24, 2.45) is 0 Å². The minimum Gasteiger partial charge on any atom is -0.397 e. The van der Waals surface area contributed by atoms with E-state index in [2.05, 4.69) is 46.0 Å². The topological polar surface area (TPSA) is 42.2 Å². The second kappa shape index (κ2) is 5.77. The van der Waals surface area contributed by atoms with Crippen LogP contribution in [0.2, 0.25) is 0 Å². The van der Waals surface area contributed by atoms with Gasteiger partial charge in [-0.05, 0) is 41.6 Å². The molecule has 90 valence electrons. The fourth-order valence-electron chi connectivity index (χ4n) is 1.39. The molecule has 1 atom stereocenters. The fourth-order valence-corrected chi connectivity index (χ4v) is 2.70. The van der Waals surface area contributed by atoms with Crippen molar-refractivity contribution in [2.45, 2.75) is 19.9 Å². The molecule has 1 unspecified atom stereocenters. The van der Waals surface area contributed by atoms with Crippen LogP contribution in [0.3, 0.4) is 0 Å². The summed E-state index contributed by atoms with van der Waals surface area (Å²) in [6.45, 7) is 4.19. The molecule has 0 fully saturated rings. The van der Waals surface area contributed by atoms with E-state index in [-0.39, 0.29) is 0 Å². The molecule has 1 heterocycles. The van der Waals surface area contributed by atoms with Gasteiger partial charge in [0.05, 0.1) is 16.4 Å². The molecule has 0 saturated carbocycles. The van der Waals surface area contributed by atoms with Crippen molar-refractivity contribution in [1.82, 2.24) is 4.98 Å². The predicted molar refractivity (Wildman–Crippen MR) is 77.3 cm³/mol. The first-order valence-electron chi connectivity index (χ1n) is 5.11. The molecule has 0 bridgehead atoms. The van der Waals surface area contributed by atoms with Crippen LogP contribution < -0.4 is 10.6 Å². The van der Waals surface area contributed by atoms with Crippen molar-refractivity contribution in [2.75, 3.05) is 29.7 Å². The zero-order chi connectivity index (χ0) is 12.3. The number of hydrogen-bond acceptors (Lipinski definition) is 4. The smallest absolute Gasteiger partial charge is 0.143 e. The number of anilines is 2. The van der Waals surface area contributed by atoms with E-state index >= 15 is 0 Å².